The van der Waals surface area contributed by atoms with Crippen LogP contribution in [-0.2, 0) is 0 Å². The fraction of sp³-hybridized carbons (Fsp3) is 0. The molecule has 0 spiro atoms. The first-order valence-electron chi connectivity index (χ1n) is 4.66. The number of carbonyl (C=O) groups excluding carboxylic acids is 1. The number of amides is 1. The minimum absolute atomic E-state index is 0.319. The number of hydrazine groups is 1. The van der Waals surface area contributed by atoms with Crippen molar-refractivity contribution in [2.75, 3.05) is 0 Å². The normalized spacial score (nSPS) is 10.1. The van der Waals surface area contributed by atoms with Crippen molar-refractivity contribution in [1.29, 1.82) is 0 Å². The molecule has 82 valence electrons. The first-order chi connectivity index (χ1) is 7.72. The summed E-state index contributed by atoms with van der Waals surface area (Å²) in [6.07, 6.45) is 1.71. The molecule has 2 rings (SSSR count). The van der Waals surface area contributed by atoms with Gasteiger partial charge in [0.1, 0.15) is 11.5 Å². The number of nitrogens with two attached hydrogens (primary N) is 1. The number of carbonyl (C=O) groups is 1. The van der Waals surface area contributed by atoms with Crippen LogP contribution in [0.3, 0.4) is 0 Å². The van der Waals surface area contributed by atoms with Gasteiger partial charge < -0.3 is 4.57 Å². The summed E-state index contributed by atoms with van der Waals surface area (Å²) in [4.78, 5) is 11.4. The van der Waals surface area contributed by atoms with E-state index in [-0.39, 0.29) is 5.82 Å². The number of halogens is 1. The van der Waals surface area contributed by atoms with Crippen LogP contribution in [0.4, 0.5) is 4.39 Å². The third-order valence-corrected chi connectivity index (χ3v) is 2.22. The Morgan fingerprint density at radius 1 is 1.25 bits per heavy atom. The smallest absolute Gasteiger partial charge is 0.282 e. The summed E-state index contributed by atoms with van der Waals surface area (Å²) in [6.45, 7) is 0. The number of aromatic nitrogens is 1. The Kier molecular flexibility index (Phi) is 2.70. The highest BCUT2D eigenvalue weighted by Gasteiger charge is 2.10. The quantitative estimate of drug-likeness (QED) is 0.453. The van der Waals surface area contributed by atoms with Crippen LogP contribution in [0.5, 0.6) is 0 Å². The van der Waals surface area contributed by atoms with Gasteiger partial charge in [-0.2, -0.15) is 0 Å². The topological polar surface area (TPSA) is 60.0 Å². The maximum atomic E-state index is 12.7. The third kappa shape index (κ3) is 1.80. The number of nitrogens with one attached hydrogen (secondary N) is 1. The van der Waals surface area contributed by atoms with E-state index in [4.69, 9.17) is 5.84 Å². The number of hydrogen-bond acceptors (Lipinski definition) is 2. The van der Waals surface area contributed by atoms with Crippen LogP contribution < -0.4 is 11.3 Å². The molecular formula is C11H10FN3O. The molecule has 4 nitrogen and oxygen atoms in total. The van der Waals surface area contributed by atoms with Gasteiger partial charge in [0.25, 0.3) is 5.91 Å². The van der Waals surface area contributed by atoms with Gasteiger partial charge in [-0.15, -0.1) is 0 Å². The maximum Gasteiger partial charge on any atom is 0.282 e. The molecule has 0 aliphatic rings. The van der Waals surface area contributed by atoms with Crippen molar-refractivity contribution in [1.82, 2.24) is 9.99 Å². The Morgan fingerprint density at radius 3 is 2.56 bits per heavy atom. The van der Waals surface area contributed by atoms with Gasteiger partial charge in [0.2, 0.25) is 0 Å². The molecule has 1 aromatic carbocycles. The fourth-order valence-corrected chi connectivity index (χ4v) is 1.47. The summed E-state index contributed by atoms with van der Waals surface area (Å²) in [7, 11) is 0. The van der Waals surface area contributed by atoms with Gasteiger partial charge >= 0.3 is 0 Å². The highest BCUT2D eigenvalue weighted by atomic mass is 19.1. The predicted molar refractivity (Wildman–Crippen MR) is 57.4 cm³/mol. The average molecular weight is 219 g/mol. The van der Waals surface area contributed by atoms with Crippen LogP contribution in [0.15, 0.2) is 42.6 Å². The largest absolute Gasteiger partial charge is 0.312 e. The Hall–Kier alpha value is -2.14. The molecule has 0 radical (unpaired) electrons. The van der Waals surface area contributed by atoms with E-state index in [9.17, 15) is 9.18 Å². The van der Waals surface area contributed by atoms with Crippen LogP contribution >= 0.6 is 0 Å². The van der Waals surface area contributed by atoms with Crippen molar-refractivity contribution in [3.05, 3.63) is 54.1 Å². The van der Waals surface area contributed by atoms with E-state index in [0.717, 1.165) is 0 Å². The summed E-state index contributed by atoms with van der Waals surface area (Å²) in [6, 6.07) is 9.18. The molecule has 0 fully saturated rings. The SMILES string of the molecule is NNC(=O)c1cccn1-c1ccc(F)cc1. The molecule has 0 unspecified atom stereocenters. The molecule has 0 atom stereocenters. The molecule has 0 aliphatic carbocycles. The Morgan fingerprint density at radius 2 is 1.94 bits per heavy atom. The van der Waals surface area contributed by atoms with Crippen LogP contribution in [0.2, 0.25) is 0 Å². The summed E-state index contributed by atoms with van der Waals surface area (Å²) in [5.74, 6) is 4.35. The Bertz CT molecular complexity index is 504. The standard InChI is InChI=1S/C11H10FN3O/c12-8-3-5-9(6-4-8)15-7-1-2-10(15)11(16)14-13/h1-7H,13H2,(H,14,16). The van der Waals surface area contributed by atoms with Gasteiger partial charge in [-0.1, -0.05) is 0 Å². The first kappa shape index (κ1) is 10.4. The molecule has 0 saturated heterocycles. The molecule has 16 heavy (non-hydrogen) atoms. The lowest BCUT2D eigenvalue weighted by molar-refractivity contribution is 0.0947. The zero-order valence-electron chi connectivity index (χ0n) is 8.35. The van der Waals surface area contributed by atoms with Gasteiger partial charge in [0.15, 0.2) is 0 Å². The van der Waals surface area contributed by atoms with Crippen molar-refractivity contribution in [3.8, 4) is 5.69 Å². The molecule has 1 aromatic heterocycles. The molecule has 0 aliphatic heterocycles. The lowest BCUT2D eigenvalue weighted by Crippen LogP contribution is -2.31. The van der Waals surface area contributed by atoms with Crippen LogP contribution in [0.25, 0.3) is 5.69 Å². The van der Waals surface area contributed by atoms with Crippen molar-refractivity contribution >= 4 is 5.91 Å². The average Bonchev–Trinajstić information content (AvgIpc) is 2.78. The molecule has 2 aromatic rings. The molecule has 3 N–H and O–H groups in total. The van der Waals surface area contributed by atoms with Crippen molar-refractivity contribution in [2.45, 2.75) is 0 Å². The molecule has 0 saturated carbocycles. The summed E-state index contributed by atoms with van der Waals surface area (Å²) in [5.41, 5.74) is 3.15. The molecule has 5 heteroatoms. The summed E-state index contributed by atoms with van der Waals surface area (Å²) in [5, 5.41) is 0. The highest BCUT2D eigenvalue weighted by molar-refractivity contribution is 5.92. The molecule has 1 heterocycles. The van der Waals surface area contributed by atoms with Crippen LogP contribution in [0, 0.1) is 5.82 Å². The van der Waals surface area contributed by atoms with E-state index in [0.29, 0.717) is 11.4 Å². The highest BCUT2D eigenvalue weighted by Crippen LogP contribution is 2.13. The van der Waals surface area contributed by atoms with E-state index in [1.165, 1.54) is 12.1 Å². The third-order valence-electron chi connectivity index (χ3n) is 2.22. The van der Waals surface area contributed by atoms with Crippen molar-refractivity contribution in [2.24, 2.45) is 5.84 Å². The molecule has 1 amide bonds. The monoisotopic (exact) mass is 219 g/mol. The lowest BCUT2D eigenvalue weighted by atomic mass is 10.3. The van der Waals surface area contributed by atoms with E-state index in [2.05, 4.69) is 5.43 Å². The summed E-state index contributed by atoms with van der Waals surface area (Å²) >= 11 is 0. The number of rotatable bonds is 2. The first-order valence-corrected chi connectivity index (χ1v) is 4.66. The van der Waals surface area contributed by atoms with Crippen LogP contribution in [0.1, 0.15) is 10.5 Å². The van der Waals surface area contributed by atoms with Crippen LogP contribution in [-0.4, -0.2) is 10.5 Å². The van der Waals surface area contributed by atoms with E-state index >= 15 is 0 Å². The molecular weight excluding hydrogens is 209 g/mol. The van der Waals surface area contributed by atoms with Gasteiger partial charge in [0.05, 0.1) is 0 Å². The lowest BCUT2D eigenvalue weighted by Gasteiger charge is -2.07. The second-order valence-corrected chi connectivity index (χ2v) is 3.21. The minimum Gasteiger partial charge on any atom is -0.312 e. The zero-order valence-corrected chi connectivity index (χ0v) is 8.35. The zero-order chi connectivity index (χ0) is 11.5. The Balaban J connectivity index is 2.44. The fourth-order valence-electron chi connectivity index (χ4n) is 1.47. The van der Waals surface area contributed by atoms with Crippen molar-refractivity contribution < 1.29 is 9.18 Å². The van der Waals surface area contributed by atoms with Gasteiger partial charge in [-0.3, -0.25) is 10.2 Å². The summed E-state index contributed by atoms with van der Waals surface area (Å²) < 4.78 is 14.4. The van der Waals surface area contributed by atoms with Gasteiger partial charge in [0, 0.05) is 11.9 Å². The minimum atomic E-state index is -0.394. The number of hydrogen-bond donors (Lipinski definition) is 2. The second kappa shape index (κ2) is 4.16. The molecule has 0 bridgehead atoms. The predicted octanol–water partition coefficient (Wildman–Crippen LogP) is 1.22. The maximum absolute atomic E-state index is 12.7. The number of nitrogens with zero attached hydrogens (tertiary/aromatic N) is 1. The van der Waals surface area contributed by atoms with Gasteiger partial charge in [-0.05, 0) is 36.4 Å². The second-order valence-electron chi connectivity index (χ2n) is 3.21. The van der Waals surface area contributed by atoms with E-state index < -0.39 is 5.91 Å². The number of nitrogen functional groups attached to an aromatic ring is 1. The number of benzene rings is 1. The van der Waals surface area contributed by atoms with Crippen molar-refractivity contribution in [3.63, 3.8) is 0 Å². The Labute approximate surface area is 91.5 Å². The van der Waals surface area contributed by atoms with Gasteiger partial charge in [-0.25, -0.2) is 10.2 Å². The van der Waals surface area contributed by atoms with E-state index in [1.807, 2.05) is 0 Å². The van der Waals surface area contributed by atoms with E-state index in [1.54, 1.807) is 35.0 Å².